The number of rotatable bonds is 5. The smallest absolute Gasteiger partial charge is 0.260 e. The van der Waals surface area contributed by atoms with Crippen LogP contribution in [0, 0.1) is 6.57 Å². The van der Waals surface area contributed by atoms with Crippen molar-refractivity contribution in [2.75, 3.05) is 5.32 Å². The van der Waals surface area contributed by atoms with Gasteiger partial charge in [-0.25, -0.2) is 9.83 Å². The molecule has 5 rings (SSSR count). The van der Waals surface area contributed by atoms with E-state index >= 15 is 0 Å². The van der Waals surface area contributed by atoms with Crippen molar-refractivity contribution in [1.82, 2.24) is 14.8 Å². The van der Waals surface area contributed by atoms with E-state index in [0.29, 0.717) is 21.6 Å². The summed E-state index contributed by atoms with van der Waals surface area (Å²) in [7, 11) is 0. The number of carbonyl (C=O) groups is 1. The van der Waals surface area contributed by atoms with Crippen molar-refractivity contribution in [2.45, 2.75) is 0 Å². The first-order valence-corrected chi connectivity index (χ1v) is 10.9. The van der Waals surface area contributed by atoms with Gasteiger partial charge in [-0.3, -0.25) is 4.79 Å². The standard InChI is InChI=1S/C24H15N7O2S/c1-25-19-14-27-31(24-26-11-12-34-24)22(19)30-29-18-13-15-7-5-6-10-17(15)20(21(18)32)23(33)28-16-8-3-2-4-9-16/h2-14,32H,(H,28,33). The largest absolute Gasteiger partial charge is 0.505 e. The van der Waals surface area contributed by atoms with E-state index in [1.165, 1.54) is 22.2 Å². The van der Waals surface area contributed by atoms with Crippen molar-refractivity contribution >= 4 is 50.9 Å². The number of nitrogens with one attached hydrogen (secondary N) is 1. The van der Waals surface area contributed by atoms with Gasteiger partial charge in [-0.05, 0) is 29.0 Å². The predicted molar refractivity (Wildman–Crippen MR) is 130 cm³/mol. The van der Waals surface area contributed by atoms with Crippen molar-refractivity contribution in [2.24, 2.45) is 10.2 Å². The SMILES string of the molecule is [C-]#[N+]c1cnn(-c2nccs2)c1N=Nc1cc2ccccc2c(C(=O)Nc2ccccc2)c1O. The number of hydrogen-bond acceptors (Lipinski definition) is 7. The molecule has 0 aliphatic rings. The van der Waals surface area contributed by atoms with Crippen LogP contribution in [0.2, 0.25) is 0 Å². The van der Waals surface area contributed by atoms with Gasteiger partial charge >= 0.3 is 0 Å². The topological polar surface area (TPSA) is 109 Å². The van der Waals surface area contributed by atoms with E-state index in [2.05, 4.69) is 30.5 Å². The summed E-state index contributed by atoms with van der Waals surface area (Å²) in [6.07, 6.45) is 2.99. The summed E-state index contributed by atoms with van der Waals surface area (Å²) in [6.45, 7) is 7.40. The molecule has 3 aromatic carbocycles. The third kappa shape index (κ3) is 3.87. The molecular weight excluding hydrogens is 450 g/mol. The van der Waals surface area contributed by atoms with Crippen molar-refractivity contribution in [3.63, 3.8) is 0 Å². The number of thiazole rings is 1. The third-order valence-corrected chi connectivity index (χ3v) is 5.71. The zero-order valence-electron chi connectivity index (χ0n) is 17.5. The second-order valence-electron chi connectivity index (χ2n) is 7.05. The second kappa shape index (κ2) is 8.93. The minimum absolute atomic E-state index is 0.0785. The highest BCUT2D eigenvalue weighted by atomic mass is 32.1. The van der Waals surface area contributed by atoms with Gasteiger partial charge in [0.1, 0.15) is 5.69 Å². The quantitative estimate of drug-likeness (QED) is 0.231. The molecule has 2 N–H and O–H groups in total. The van der Waals surface area contributed by atoms with Crippen LogP contribution in [0.25, 0.3) is 20.7 Å². The number of aromatic nitrogens is 3. The normalized spacial score (nSPS) is 11.0. The van der Waals surface area contributed by atoms with Crippen molar-refractivity contribution in [3.05, 3.63) is 95.4 Å². The first kappa shape index (κ1) is 21.0. The molecule has 0 fully saturated rings. The van der Waals surface area contributed by atoms with Gasteiger partial charge in [-0.2, -0.15) is 9.78 Å². The molecule has 0 aliphatic carbocycles. The minimum atomic E-state index is -0.480. The summed E-state index contributed by atoms with van der Waals surface area (Å²) in [4.78, 5) is 20.8. The third-order valence-electron chi connectivity index (χ3n) is 4.96. The number of hydrogen-bond donors (Lipinski definition) is 2. The number of para-hydroxylation sites is 1. The van der Waals surface area contributed by atoms with Gasteiger partial charge in [0.05, 0.1) is 18.3 Å². The number of fused-ring (bicyclic) bond motifs is 1. The Morgan fingerprint density at radius 2 is 1.91 bits per heavy atom. The van der Waals surface area contributed by atoms with E-state index in [9.17, 15) is 9.90 Å². The molecule has 0 radical (unpaired) electrons. The Labute approximate surface area is 197 Å². The van der Waals surface area contributed by atoms with Crippen LogP contribution in [0.4, 0.5) is 22.9 Å². The van der Waals surface area contributed by atoms with Crippen LogP contribution < -0.4 is 5.32 Å². The number of azo groups is 1. The van der Waals surface area contributed by atoms with Crippen molar-refractivity contribution in [3.8, 4) is 10.9 Å². The number of phenolic OH excluding ortho intramolecular Hbond substituents is 1. The lowest BCUT2D eigenvalue weighted by Gasteiger charge is -2.12. The van der Waals surface area contributed by atoms with E-state index in [1.807, 2.05) is 18.2 Å². The lowest BCUT2D eigenvalue weighted by atomic mass is 10.0. The molecule has 2 aromatic heterocycles. The van der Waals surface area contributed by atoms with Gasteiger partial charge in [-0.1, -0.05) is 42.5 Å². The van der Waals surface area contributed by atoms with Crippen molar-refractivity contribution < 1.29 is 9.90 Å². The maximum Gasteiger partial charge on any atom is 0.260 e. The summed E-state index contributed by atoms with van der Waals surface area (Å²) in [5.74, 6) is -0.625. The highest BCUT2D eigenvalue weighted by Gasteiger charge is 2.20. The van der Waals surface area contributed by atoms with E-state index in [4.69, 9.17) is 6.57 Å². The van der Waals surface area contributed by atoms with Gasteiger partial charge in [0.25, 0.3) is 11.6 Å². The minimum Gasteiger partial charge on any atom is -0.505 e. The van der Waals surface area contributed by atoms with Crippen LogP contribution in [0.3, 0.4) is 0 Å². The number of benzene rings is 3. The van der Waals surface area contributed by atoms with E-state index < -0.39 is 5.91 Å². The van der Waals surface area contributed by atoms with Crippen LogP contribution in [-0.4, -0.2) is 25.8 Å². The molecule has 0 saturated carbocycles. The number of nitrogens with zero attached hydrogens (tertiary/aromatic N) is 6. The molecule has 2 heterocycles. The maximum absolute atomic E-state index is 13.1. The molecule has 1 amide bonds. The molecule has 34 heavy (non-hydrogen) atoms. The monoisotopic (exact) mass is 465 g/mol. The Bertz CT molecular complexity index is 1570. The fourth-order valence-corrected chi connectivity index (χ4v) is 4.01. The Morgan fingerprint density at radius 3 is 2.68 bits per heavy atom. The first-order chi connectivity index (χ1) is 16.7. The van der Waals surface area contributed by atoms with Gasteiger partial charge in [0.2, 0.25) is 5.13 Å². The summed E-state index contributed by atoms with van der Waals surface area (Å²) in [5, 5.41) is 30.0. The van der Waals surface area contributed by atoms with Crippen LogP contribution in [0.1, 0.15) is 10.4 Å². The molecule has 0 atom stereocenters. The molecule has 0 unspecified atom stereocenters. The van der Waals surface area contributed by atoms with Gasteiger partial charge < -0.3 is 10.4 Å². The molecule has 164 valence electrons. The second-order valence-corrected chi connectivity index (χ2v) is 7.93. The van der Waals surface area contributed by atoms with Crippen LogP contribution in [-0.2, 0) is 0 Å². The summed E-state index contributed by atoms with van der Waals surface area (Å²) >= 11 is 1.33. The molecule has 10 heteroatoms. The Hall–Kier alpha value is -4.88. The Morgan fingerprint density at radius 1 is 1.12 bits per heavy atom. The fourth-order valence-electron chi connectivity index (χ4n) is 3.41. The van der Waals surface area contributed by atoms with Crippen molar-refractivity contribution in [1.29, 1.82) is 0 Å². The average molecular weight is 465 g/mol. The molecule has 9 nitrogen and oxygen atoms in total. The first-order valence-electron chi connectivity index (χ1n) is 10.0. The lowest BCUT2D eigenvalue weighted by Crippen LogP contribution is -2.12. The van der Waals surface area contributed by atoms with Crippen LogP contribution in [0.15, 0.2) is 88.7 Å². The molecule has 0 saturated heterocycles. The molecule has 0 aliphatic heterocycles. The zero-order valence-corrected chi connectivity index (χ0v) is 18.3. The van der Waals surface area contributed by atoms with Gasteiger partial charge in [0, 0.05) is 17.3 Å². The molecule has 0 bridgehead atoms. The van der Waals surface area contributed by atoms with E-state index in [0.717, 1.165) is 0 Å². The highest BCUT2D eigenvalue weighted by molar-refractivity contribution is 7.12. The number of carbonyl (C=O) groups excluding carboxylic acids is 1. The lowest BCUT2D eigenvalue weighted by molar-refractivity contribution is 0.102. The highest BCUT2D eigenvalue weighted by Crippen LogP contribution is 2.39. The van der Waals surface area contributed by atoms with Crippen LogP contribution >= 0.6 is 11.3 Å². The van der Waals surface area contributed by atoms with Gasteiger partial charge in [0.15, 0.2) is 11.6 Å². The Balaban J connectivity index is 1.60. The molecule has 5 aromatic rings. The van der Waals surface area contributed by atoms with E-state index in [1.54, 1.807) is 54.0 Å². The summed E-state index contributed by atoms with van der Waals surface area (Å²) < 4.78 is 1.41. The number of phenols is 1. The van der Waals surface area contributed by atoms with Crippen LogP contribution in [0.5, 0.6) is 5.75 Å². The predicted octanol–water partition coefficient (Wildman–Crippen LogP) is 6.41. The molecule has 0 spiro atoms. The summed E-state index contributed by atoms with van der Waals surface area (Å²) in [6, 6.07) is 17.8. The number of aromatic hydroxyl groups is 1. The maximum atomic E-state index is 13.1. The Kier molecular flexibility index (Phi) is 5.51. The number of anilines is 1. The molecular formula is C24H15N7O2S. The summed E-state index contributed by atoms with van der Waals surface area (Å²) in [5.41, 5.74) is 0.938. The van der Waals surface area contributed by atoms with E-state index in [-0.39, 0.29) is 28.5 Å². The zero-order chi connectivity index (χ0) is 23.5. The number of amides is 1. The van der Waals surface area contributed by atoms with Gasteiger partial charge in [-0.15, -0.1) is 21.6 Å². The fraction of sp³-hybridized carbons (Fsp3) is 0. The average Bonchev–Trinajstić information content (AvgIpc) is 3.53.